The van der Waals surface area contributed by atoms with E-state index in [0.29, 0.717) is 16.3 Å². The van der Waals surface area contributed by atoms with Crippen LogP contribution in [0.1, 0.15) is 18.1 Å². The smallest absolute Gasteiger partial charge is 0.129 e. The summed E-state index contributed by atoms with van der Waals surface area (Å²) in [5, 5.41) is 12.5. The number of rotatable bonds is 4. The molecular formula is C15H13ClFNO2. The largest absolute Gasteiger partial charge is 0.488 e. The highest BCUT2D eigenvalue weighted by molar-refractivity contribution is 6.31. The number of hydrogen-bond donors (Lipinski definition) is 1. The molecule has 0 heterocycles. The summed E-state index contributed by atoms with van der Waals surface area (Å²) in [6.07, 6.45) is 0. The van der Waals surface area contributed by atoms with Crippen molar-refractivity contribution in [1.82, 2.24) is 0 Å². The van der Waals surface area contributed by atoms with E-state index in [9.17, 15) is 4.39 Å². The lowest BCUT2D eigenvalue weighted by atomic mass is 10.1. The molecule has 0 aromatic heterocycles. The second-order valence-electron chi connectivity index (χ2n) is 4.21. The van der Waals surface area contributed by atoms with Crippen molar-refractivity contribution < 1.29 is 14.3 Å². The fraction of sp³-hybridized carbons (Fsp3) is 0.133. The van der Waals surface area contributed by atoms with Crippen LogP contribution in [0.2, 0.25) is 5.02 Å². The molecule has 0 bridgehead atoms. The minimum absolute atomic E-state index is 0.247. The Balaban J connectivity index is 2.24. The molecule has 1 N–H and O–H groups in total. The molecule has 20 heavy (non-hydrogen) atoms. The van der Waals surface area contributed by atoms with Crippen LogP contribution in [0.4, 0.5) is 4.39 Å². The predicted octanol–water partition coefficient (Wildman–Crippen LogP) is 4.26. The van der Waals surface area contributed by atoms with Crippen LogP contribution in [0.3, 0.4) is 0 Å². The number of oxime groups is 1. The topological polar surface area (TPSA) is 41.8 Å². The average Bonchev–Trinajstić information content (AvgIpc) is 2.46. The van der Waals surface area contributed by atoms with Gasteiger partial charge in [-0.15, -0.1) is 0 Å². The highest BCUT2D eigenvalue weighted by Gasteiger charge is 2.10. The summed E-state index contributed by atoms with van der Waals surface area (Å²) in [7, 11) is 0. The highest BCUT2D eigenvalue weighted by Crippen LogP contribution is 2.23. The zero-order valence-electron chi connectivity index (χ0n) is 10.8. The third kappa shape index (κ3) is 3.27. The first-order valence-corrected chi connectivity index (χ1v) is 6.34. The van der Waals surface area contributed by atoms with Gasteiger partial charge in [-0.3, -0.25) is 0 Å². The maximum atomic E-state index is 13.3. The van der Waals surface area contributed by atoms with Gasteiger partial charge in [-0.2, -0.15) is 0 Å². The number of benzene rings is 2. The van der Waals surface area contributed by atoms with E-state index < -0.39 is 5.82 Å². The van der Waals surface area contributed by atoms with E-state index in [2.05, 4.69) is 5.16 Å². The molecule has 0 radical (unpaired) electrons. The summed E-state index contributed by atoms with van der Waals surface area (Å²) in [4.78, 5) is 0. The van der Waals surface area contributed by atoms with Crippen molar-refractivity contribution in [3.05, 3.63) is 64.4 Å². The van der Waals surface area contributed by atoms with E-state index in [4.69, 9.17) is 21.5 Å². The molecule has 0 spiro atoms. The molecule has 0 aliphatic heterocycles. The van der Waals surface area contributed by atoms with Crippen LogP contribution >= 0.6 is 11.6 Å². The Morgan fingerprint density at radius 1 is 1.30 bits per heavy atom. The lowest BCUT2D eigenvalue weighted by Crippen LogP contribution is -2.03. The Hall–Kier alpha value is -2.07. The first-order valence-electron chi connectivity index (χ1n) is 5.96. The number of hydrogen-bond acceptors (Lipinski definition) is 3. The van der Waals surface area contributed by atoms with Crippen LogP contribution in [0.15, 0.2) is 47.6 Å². The summed E-state index contributed by atoms with van der Waals surface area (Å²) in [6, 6.07) is 11.3. The van der Waals surface area contributed by atoms with Gasteiger partial charge < -0.3 is 9.94 Å². The lowest BCUT2D eigenvalue weighted by molar-refractivity contribution is 0.303. The maximum Gasteiger partial charge on any atom is 0.129 e. The molecule has 0 saturated heterocycles. The van der Waals surface area contributed by atoms with Gasteiger partial charge in [-0.05, 0) is 31.2 Å². The van der Waals surface area contributed by atoms with Gasteiger partial charge in [-0.25, -0.2) is 4.39 Å². The molecule has 5 heteroatoms. The third-order valence-corrected chi connectivity index (χ3v) is 3.19. The van der Waals surface area contributed by atoms with Crippen molar-refractivity contribution in [3.63, 3.8) is 0 Å². The Morgan fingerprint density at radius 3 is 2.75 bits per heavy atom. The summed E-state index contributed by atoms with van der Waals surface area (Å²) < 4.78 is 18.9. The van der Waals surface area contributed by atoms with Gasteiger partial charge in [0.05, 0.1) is 5.71 Å². The van der Waals surface area contributed by atoms with Crippen molar-refractivity contribution in [2.24, 2.45) is 5.16 Å². The normalized spacial score (nSPS) is 11.4. The van der Waals surface area contributed by atoms with Crippen molar-refractivity contribution in [1.29, 1.82) is 0 Å². The zero-order chi connectivity index (χ0) is 14.5. The predicted molar refractivity (Wildman–Crippen MR) is 76.2 cm³/mol. The van der Waals surface area contributed by atoms with Crippen LogP contribution in [-0.2, 0) is 6.61 Å². The van der Waals surface area contributed by atoms with Crippen LogP contribution in [0.5, 0.6) is 5.75 Å². The zero-order valence-corrected chi connectivity index (χ0v) is 11.6. The van der Waals surface area contributed by atoms with Gasteiger partial charge in [0.15, 0.2) is 0 Å². The van der Waals surface area contributed by atoms with Gasteiger partial charge in [-0.1, -0.05) is 35.0 Å². The van der Waals surface area contributed by atoms with E-state index in [1.807, 2.05) is 18.2 Å². The first kappa shape index (κ1) is 14.3. The number of nitrogens with zero attached hydrogens (tertiary/aromatic N) is 1. The molecule has 2 rings (SSSR count). The molecular weight excluding hydrogens is 281 g/mol. The molecule has 0 fully saturated rings. The van der Waals surface area contributed by atoms with Crippen LogP contribution < -0.4 is 4.74 Å². The molecule has 0 amide bonds. The Morgan fingerprint density at radius 2 is 2.05 bits per heavy atom. The quantitative estimate of drug-likeness (QED) is 0.520. The van der Waals surface area contributed by atoms with Crippen LogP contribution in [0, 0.1) is 5.82 Å². The molecule has 3 nitrogen and oxygen atoms in total. The fourth-order valence-electron chi connectivity index (χ4n) is 1.74. The van der Waals surface area contributed by atoms with Crippen molar-refractivity contribution in [2.75, 3.05) is 0 Å². The van der Waals surface area contributed by atoms with E-state index in [1.165, 1.54) is 18.2 Å². The minimum atomic E-state index is -0.423. The highest BCUT2D eigenvalue weighted by atomic mass is 35.5. The van der Waals surface area contributed by atoms with E-state index in [0.717, 1.165) is 5.56 Å². The monoisotopic (exact) mass is 293 g/mol. The summed E-state index contributed by atoms with van der Waals surface area (Å²) >= 11 is 6.04. The molecule has 0 aliphatic carbocycles. The minimum Gasteiger partial charge on any atom is -0.488 e. The summed E-state index contributed by atoms with van der Waals surface area (Å²) in [5.41, 5.74) is 1.50. The van der Waals surface area contributed by atoms with E-state index in [1.54, 1.807) is 13.0 Å². The average molecular weight is 294 g/mol. The number of halogens is 2. The molecule has 2 aromatic rings. The molecule has 0 saturated carbocycles. The molecule has 2 aromatic carbocycles. The fourth-order valence-corrected chi connectivity index (χ4v) is 1.93. The second-order valence-corrected chi connectivity index (χ2v) is 4.61. The van der Waals surface area contributed by atoms with Crippen molar-refractivity contribution in [2.45, 2.75) is 13.5 Å². The molecule has 0 atom stereocenters. The van der Waals surface area contributed by atoms with E-state index in [-0.39, 0.29) is 12.3 Å². The standard InChI is InChI=1S/C15H13ClFNO2/c1-10(18-19)13-8-12(17)6-7-15(13)20-9-11-4-2-3-5-14(11)16/h2-8,19H,9H2,1H3/b18-10-. The van der Waals surface area contributed by atoms with Gasteiger partial charge in [0, 0.05) is 16.1 Å². The van der Waals surface area contributed by atoms with Gasteiger partial charge in [0.25, 0.3) is 0 Å². The van der Waals surface area contributed by atoms with Crippen molar-refractivity contribution in [3.8, 4) is 5.75 Å². The lowest BCUT2D eigenvalue weighted by Gasteiger charge is -2.11. The van der Waals surface area contributed by atoms with Crippen LogP contribution in [0.25, 0.3) is 0 Å². The number of ether oxygens (including phenoxy) is 1. The Kier molecular flexibility index (Phi) is 4.58. The summed E-state index contributed by atoms with van der Waals surface area (Å²) in [6.45, 7) is 1.81. The summed E-state index contributed by atoms with van der Waals surface area (Å²) in [5.74, 6) is 0.00899. The SMILES string of the molecule is C/C(=N/O)c1cc(F)ccc1OCc1ccccc1Cl. The second kappa shape index (κ2) is 6.39. The van der Waals surface area contributed by atoms with Crippen molar-refractivity contribution >= 4 is 17.3 Å². The first-order chi connectivity index (χ1) is 9.61. The Bertz CT molecular complexity index is 644. The molecule has 0 unspecified atom stereocenters. The molecule has 104 valence electrons. The molecule has 0 aliphatic rings. The maximum absolute atomic E-state index is 13.3. The Labute approximate surface area is 121 Å². The third-order valence-electron chi connectivity index (χ3n) is 2.82. The van der Waals surface area contributed by atoms with E-state index >= 15 is 0 Å². The van der Waals surface area contributed by atoms with Gasteiger partial charge >= 0.3 is 0 Å². The van der Waals surface area contributed by atoms with Crippen LogP contribution in [-0.4, -0.2) is 10.9 Å². The van der Waals surface area contributed by atoms with Gasteiger partial charge in [0.1, 0.15) is 18.2 Å². The van der Waals surface area contributed by atoms with Gasteiger partial charge in [0.2, 0.25) is 0 Å².